The minimum absolute atomic E-state index is 0.00131. The number of pyridine rings is 1. The normalized spacial score (nSPS) is 11.9. The van der Waals surface area contributed by atoms with Crippen molar-refractivity contribution in [2.45, 2.75) is 6.18 Å². The largest absolute Gasteiger partial charge is 0.417 e. The maximum atomic E-state index is 12.3. The SMILES string of the molecule is CN(C)CCNc1ncc(C(F)(F)F)cc1N. The minimum Gasteiger partial charge on any atom is -0.396 e. The highest BCUT2D eigenvalue weighted by Gasteiger charge is 2.31. The molecule has 0 aliphatic carbocycles. The molecule has 0 saturated heterocycles. The predicted octanol–water partition coefficient (Wildman–Crippen LogP) is 1.66. The lowest BCUT2D eigenvalue weighted by Gasteiger charge is -2.13. The van der Waals surface area contributed by atoms with Gasteiger partial charge in [-0.2, -0.15) is 13.2 Å². The van der Waals surface area contributed by atoms with Crippen molar-refractivity contribution in [3.63, 3.8) is 0 Å². The Bertz CT molecular complexity index is 376. The van der Waals surface area contributed by atoms with Gasteiger partial charge < -0.3 is 16.0 Å². The number of likely N-dealkylation sites (N-methyl/N-ethyl adjacent to an activating group) is 1. The molecule has 7 heteroatoms. The Kier molecular flexibility index (Phi) is 4.17. The van der Waals surface area contributed by atoms with Crippen molar-refractivity contribution in [2.75, 3.05) is 38.2 Å². The highest BCUT2D eigenvalue weighted by molar-refractivity contribution is 5.61. The van der Waals surface area contributed by atoms with Crippen LogP contribution in [0.5, 0.6) is 0 Å². The molecule has 1 aromatic rings. The number of nitrogens with one attached hydrogen (secondary N) is 1. The first-order valence-corrected chi connectivity index (χ1v) is 5.02. The summed E-state index contributed by atoms with van der Waals surface area (Å²) >= 11 is 0. The molecule has 0 aliphatic rings. The number of hydrogen-bond acceptors (Lipinski definition) is 4. The summed E-state index contributed by atoms with van der Waals surface area (Å²) in [5.74, 6) is 0.278. The summed E-state index contributed by atoms with van der Waals surface area (Å²) < 4.78 is 37.0. The lowest BCUT2D eigenvalue weighted by Crippen LogP contribution is -2.21. The molecule has 1 aromatic heterocycles. The van der Waals surface area contributed by atoms with Crippen LogP contribution in [0.1, 0.15) is 5.56 Å². The molecule has 17 heavy (non-hydrogen) atoms. The second-order valence-electron chi connectivity index (χ2n) is 3.89. The lowest BCUT2D eigenvalue weighted by molar-refractivity contribution is -0.137. The average Bonchev–Trinajstić information content (AvgIpc) is 2.18. The Hall–Kier alpha value is -1.50. The van der Waals surface area contributed by atoms with E-state index in [9.17, 15) is 13.2 Å². The van der Waals surface area contributed by atoms with Crippen molar-refractivity contribution >= 4 is 11.5 Å². The molecule has 0 fully saturated rings. The zero-order valence-corrected chi connectivity index (χ0v) is 9.67. The number of rotatable bonds is 4. The van der Waals surface area contributed by atoms with E-state index < -0.39 is 11.7 Å². The fraction of sp³-hybridized carbons (Fsp3) is 0.500. The Balaban J connectivity index is 2.70. The van der Waals surface area contributed by atoms with Gasteiger partial charge in [-0.1, -0.05) is 0 Å². The highest BCUT2D eigenvalue weighted by Crippen LogP contribution is 2.31. The van der Waals surface area contributed by atoms with Gasteiger partial charge in [-0.3, -0.25) is 0 Å². The zero-order chi connectivity index (χ0) is 13.1. The van der Waals surface area contributed by atoms with Crippen LogP contribution in [0.4, 0.5) is 24.7 Å². The van der Waals surface area contributed by atoms with Crippen LogP contribution in [0.2, 0.25) is 0 Å². The Morgan fingerprint density at radius 3 is 2.53 bits per heavy atom. The van der Waals surface area contributed by atoms with Crippen LogP contribution in [0.25, 0.3) is 0 Å². The molecule has 0 amide bonds. The van der Waals surface area contributed by atoms with Crippen LogP contribution in [0, 0.1) is 0 Å². The van der Waals surface area contributed by atoms with Crippen LogP contribution < -0.4 is 11.1 Å². The number of alkyl halides is 3. The first-order chi connectivity index (χ1) is 7.80. The van der Waals surface area contributed by atoms with E-state index >= 15 is 0 Å². The van der Waals surface area contributed by atoms with Crippen molar-refractivity contribution in [1.29, 1.82) is 0 Å². The molecule has 0 radical (unpaired) electrons. The van der Waals surface area contributed by atoms with Gasteiger partial charge in [0.2, 0.25) is 0 Å². The Morgan fingerprint density at radius 1 is 1.41 bits per heavy atom. The number of halogens is 3. The van der Waals surface area contributed by atoms with Gasteiger partial charge in [-0.05, 0) is 20.2 Å². The van der Waals surface area contributed by atoms with Gasteiger partial charge in [-0.15, -0.1) is 0 Å². The molecule has 4 nitrogen and oxygen atoms in total. The van der Waals surface area contributed by atoms with Crippen LogP contribution in [0.3, 0.4) is 0 Å². The number of aromatic nitrogens is 1. The van der Waals surface area contributed by atoms with E-state index in [1.165, 1.54) is 0 Å². The number of anilines is 2. The molecule has 0 unspecified atom stereocenters. The zero-order valence-electron chi connectivity index (χ0n) is 9.67. The average molecular weight is 248 g/mol. The van der Waals surface area contributed by atoms with Gasteiger partial charge in [0, 0.05) is 19.3 Å². The van der Waals surface area contributed by atoms with Crippen LogP contribution in [-0.4, -0.2) is 37.1 Å². The third-order valence-electron chi connectivity index (χ3n) is 2.10. The van der Waals surface area contributed by atoms with E-state index in [1.807, 2.05) is 19.0 Å². The highest BCUT2D eigenvalue weighted by atomic mass is 19.4. The van der Waals surface area contributed by atoms with E-state index in [2.05, 4.69) is 10.3 Å². The van der Waals surface area contributed by atoms with Gasteiger partial charge in [0.15, 0.2) is 0 Å². The summed E-state index contributed by atoms with van der Waals surface area (Å²) in [6.07, 6.45) is -3.64. The summed E-state index contributed by atoms with van der Waals surface area (Å²) in [4.78, 5) is 5.60. The van der Waals surface area contributed by atoms with Crippen LogP contribution >= 0.6 is 0 Å². The summed E-state index contributed by atoms with van der Waals surface area (Å²) in [5.41, 5.74) is 4.66. The molecule has 0 bridgehead atoms. The van der Waals surface area contributed by atoms with E-state index in [0.717, 1.165) is 18.8 Å². The monoisotopic (exact) mass is 248 g/mol. The smallest absolute Gasteiger partial charge is 0.396 e. The minimum atomic E-state index is -4.41. The fourth-order valence-electron chi connectivity index (χ4n) is 1.18. The van der Waals surface area contributed by atoms with Crippen molar-refractivity contribution in [3.05, 3.63) is 17.8 Å². The Labute approximate surface area is 97.6 Å². The molecule has 1 rings (SSSR count). The van der Waals surface area contributed by atoms with E-state index in [4.69, 9.17) is 5.73 Å². The third kappa shape index (κ3) is 4.10. The molecular formula is C10H15F3N4. The first-order valence-electron chi connectivity index (χ1n) is 5.02. The van der Waals surface area contributed by atoms with Crippen LogP contribution in [0.15, 0.2) is 12.3 Å². The molecule has 0 aliphatic heterocycles. The number of nitrogens with zero attached hydrogens (tertiary/aromatic N) is 2. The standard InChI is InChI=1S/C10H15F3N4/c1-17(2)4-3-15-9-8(14)5-7(6-16-9)10(11,12)13/h5-6H,3-4,14H2,1-2H3,(H,15,16). The van der Waals surface area contributed by atoms with E-state index in [-0.39, 0.29) is 11.5 Å². The lowest BCUT2D eigenvalue weighted by atomic mass is 10.2. The number of nitrogens with two attached hydrogens (primary N) is 1. The number of nitrogen functional groups attached to an aromatic ring is 1. The molecule has 0 atom stereocenters. The quantitative estimate of drug-likeness (QED) is 0.850. The van der Waals surface area contributed by atoms with E-state index in [0.29, 0.717) is 6.54 Å². The van der Waals surface area contributed by atoms with Gasteiger partial charge >= 0.3 is 6.18 Å². The topological polar surface area (TPSA) is 54.2 Å². The van der Waals surface area contributed by atoms with Crippen molar-refractivity contribution < 1.29 is 13.2 Å². The second-order valence-corrected chi connectivity index (χ2v) is 3.89. The molecule has 1 heterocycles. The van der Waals surface area contributed by atoms with Gasteiger partial charge in [0.1, 0.15) is 5.82 Å². The molecule has 0 saturated carbocycles. The van der Waals surface area contributed by atoms with Crippen molar-refractivity contribution in [2.24, 2.45) is 0 Å². The summed E-state index contributed by atoms with van der Waals surface area (Å²) in [6, 6.07) is 0.880. The molecule has 0 spiro atoms. The third-order valence-corrected chi connectivity index (χ3v) is 2.10. The van der Waals surface area contributed by atoms with Gasteiger partial charge in [0.25, 0.3) is 0 Å². The van der Waals surface area contributed by atoms with Crippen LogP contribution in [-0.2, 0) is 6.18 Å². The summed E-state index contributed by atoms with van der Waals surface area (Å²) in [5, 5.41) is 2.88. The maximum absolute atomic E-state index is 12.3. The second kappa shape index (κ2) is 5.22. The molecule has 3 N–H and O–H groups in total. The Morgan fingerprint density at radius 2 is 2.06 bits per heavy atom. The van der Waals surface area contributed by atoms with Crippen molar-refractivity contribution in [1.82, 2.24) is 9.88 Å². The fourth-order valence-corrected chi connectivity index (χ4v) is 1.18. The number of hydrogen-bond donors (Lipinski definition) is 2. The van der Waals surface area contributed by atoms with Gasteiger partial charge in [0.05, 0.1) is 11.3 Å². The van der Waals surface area contributed by atoms with E-state index in [1.54, 1.807) is 0 Å². The molecule has 0 aromatic carbocycles. The predicted molar refractivity (Wildman–Crippen MR) is 60.7 cm³/mol. The summed E-state index contributed by atoms with van der Waals surface area (Å²) in [6.45, 7) is 1.30. The van der Waals surface area contributed by atoms with Gasteiger partial charge in [-0.25, -0.2) is 4.98 Å². The molecule has 96 valence electrons. The first kappa shape index (κ1) is 13.6. The molecular weight excluding hydrogens is 233 g/mol. The maximum Gasteiger partial charge on any atom is 0.417 e. The summed E-state index contributed by atoms with van der Waals surface area (Å²) in [7, 11) is 3.79. The van der Waals surface area contributed by atoms with Crippen molar-refractivity contribution in [3.8, 4) is 0 Å².